The summed E-state index contributed by atoms with van der Waals surface area (Å²) in [7, 11) is 0. The Bertz CT molecular complexity index is 1100. The second kappa shape index (κ2) is 7.67. The highest BCUT2D eigenvalue weighted by atomic mass is 35.5. The predicted octanol–water partition coefficient (Wildman–Crippen LogP) is 4.86. The zero-order valence-corrected chi connectivity index (χ0v) is 15.5. The Morgan fingerprint density at radius 1 is 1.15 bits per heavy atom. The molecule has 3 aromatic heterocycles. The lowest BCUT2D eigenvalue weighted by Gasteiger charge is -2.13. The number of pyridine rings is 2. The van der Waals surface area contributed by atoms with Crippen LogP contribution in [0.4, 0.5) is 15.8 Å². The van der Waals surface area contributed by atoms with Crippen molar-refractivity contribution in [2.75, 3.05) is 5.32 Å². The van der Waals surface area contributed by atoms with E-state index in [-0.39, 0.29) is 18.2 Å². The third-order valence-corrected chi connectivity index (χ3v) is 3.98. The Kier molecular flexibility index (Phi) is 5.32. The minimum absolute atomic E-state index is 0. The standard InChI is InChI=1S/C19H16FN5O.ClH/c1-3-16-24-19(26-25-16)15-10-21-18-14(8-7-11(2)22-18)17(15)23-13-6-4-5-12(20)9-13;/h4-10H,3H2,1-2H3,(H,21,22,23);1H. The van der Waals surface area contributed by atoms with Crippen molar-refractivity contribution in [3.63, 3.8) is 0 Å². The molecule has 3 heterocycles. The minimum Gasteiger partial charge on any atom is -0.354 e. The molecule has 1 N–H and O–H groups in total. The number of aryl methyl sites for hydroxylation is 2. The molecule has 0 amide bonds. The maximum atomic E-state index is 13.6. The van der Waals surface area contributed by atoms with E-state index in [4.69, 9.17) is 4.52 Å². The highest BCUT2D eigenvalue weighted by molar-refractivity contribution is 5.98. The molecular formula is C19H17ClFN5O. The van der Waals surface area contributed by atoms with Gasteiger partial charge in [0.25, 0.3) is 5.89 Å². The van der Waals surface area contributed by atoms with Crippen LogP contribution in [0.15, 0.2) is 47.1 Å². The van der Waals surface area contributed by atoms with Gasteiger partial charge in [-0.3, -0.25) is 0 Å². The molecule has 138 valence electrons. The van der Waals surface area contributed by atoms with Crippen molar-refractivity contribution in [2.24, 2.45) is 0 Å². The van der Waals surface area contributed by atoms with E-state index in [2.05, 4.69) is 25.4 Å². The molecule has 0 aliphatic rings. The fourth-order valence-corrected chi connectivity index (χ4v) is 2.69. The zero-order chi connectivity index (χ0) is 18.1. The number of hydrogen-bond acceptors (Lipinski definition) is 6. The van der Waals surface area contributed by atoms with Crippen molar-refractivity contribution < 1.29 is 8.91 Å². The Labute approximate surface area is 161 Å². The average molecular weight is 386 g/mol. The fourth-order valence-electron chi connectivity index (χ4n) is 2.69. The van der Waals surface area contributed by atoms with Crippen molar-refractivity contribution in [3.8, 4) is 11.5 Å². The van der Waals surface area contributed by atoms with Crippen LogP contribution in [0, 0.1) is 12.7 Å². The number of nitrogens with one attached hydrogen (secondary N) is 1. The van der Waals surface area contributed by atoms with Crippen LogP contribution in [0.2, 0.25) is 0 Å². The lowest BCUT2D eigenvalue weighted by Crippen LogP contribution is -1.99. The molecule has 0 atom stereocenters. The highest BCUT2D eigenvalue weighted by Crippen LogP contribution is 2.34. The first-order valence-corrected chi connectivity index (χ1v) is 8.26. The van der Waals surface area contributed by atoms with Gasteiger partial charge >= 0.3 is 0 Å². The molecule has 0 aliphatic heterocycles. The maximum absolute atomic E-state index is 13.6. The summed E-state index contributed by atoms with van der Waals surface area (Å²) in [5.74, 6) is 0.643. The van der Waals surface area contributed by atoms with E-state index >= 15 is 0 Å². The second-order valence-corrected chi connectivity index (χ2v) is 5.88. The van der Waals surface area contributed by atoms with Gasteiger partial charge in [0.15, 0.2) is 11.5 Å². The molecule has 0 aliphatic carbocycles. The number of fused-ring (bicyclic) bond motifs is 1. The van der Waals surface area contributed by atoms with Gasteiger partial charge in [-0.15, -0.1) is 12.4 Å². The summed E-state index contributed by atoms with van der Waals surface area (Å²) >= 11 is 0. The molecule has 0 saturated heterocycles. The Morgan fingerprint density at radius 2 is 2.00 bits per heavy atom. The summed E-state index contributed by atoms with van der Waals surface area (Å²) in [4.78, 5) is 13.3. The number of aromatic nitrogens is 4. The number of benzene rings is 1. The van der Waals surface area contributed by atoms with Gasteiger partial charge in [0.1, 0.15) is 5.82 Å². The van der Waals surface area contributed by atoms with Gasteiger partial charge in [-0.05, 0) is 37.3 Å². The van der Waals surface area contributed by atoms with Crippen molar-refractivity contribution in [1.29, 1.82) is 0 Å². The van der Waals surface area contributed by atoms with Gasteiger partial charge in [-0.1, -0.05) is 18.1 Å². The van der Waals surface area contributed by atoms with Crippen molar-refractivity contribution in [1.82, 2.24) is 20.1 Å². The normalized spacial score (nSPS) is 10.6. The van der Waals surface area contributed by atoms with E-state index in [1.165, 1.54) is 12.1 Å². The van der Waals surface area contributed by atoms with E-state index in [1.807, 2.05) is 26.0 Å². The number of hydrogen-bond donors (Lipinski definition) is 1. The van der Waals surface area contributed by atoms with Gasteiger partial charge in [-0.25, -0.2) is 14.4 Å². The van der Waals surface area contributed by atoms with Crippen LogP contribution in [0.3, 0.4) is 0 Å². The van der Waals surface area contributed by atoms with E-state index in [0.29, 0.717) is 40.7 Å². The third-order valence-electron chi connectivity index (χ3n) is 3.98. The Morgan fingerprint density at radius 3 is 2.74 bits per heavy atom. The first kappa shape index (κ1) is 18.7. The second-order valence-electron chi connectivity index (χ2n) is 5.88. The van der Waals surface area contributed by atoms with Gasteiger partial charge < -0.3 is 9.84 Å². The predicted molar refractivity (Wildman–Crippen MR) is 104 cm³/mol. The largest absolute Gasteiger partial charge is 0.354 e. The third kappa shape index (κ3) is 3.73. The topological polar surface area (TPSA) is 76.7 Å². The molecule has 0 radical (unpaired) electrons. The van der Waals surface area contributed by atoms with Crippen molar-refractivity contribution in [2.45, 2.75) is 20.3 Å². The van der Waals surface area contributed by atoms with Crippen molar-refractivity contribution in [3.05, 3.63) is 59.9 Å². The molecule has 0 spiro atoms. The summed E-state index contributed by atoms with van der Waals surface area (Å²) in [5, 5.41) is 7.99. The smallest absolute Gasteiger partial charge is 0.261 e. The number of rotatable bonds is 4. The summed E-state index contributed by atoms with van der Waals surface area (Å²) < 4.78 is 19.0. The summed E-state index contributed by atoms with van der Waals surface area (Å²) in [6, 6.07) is 10.1. The average Bonchev–Trinajstić information content (AvgIpc) is 3.11. The lowest BCUT2D eigenvalue weighted by molar-refractivity contribution is 0.423. The van der Waals surface area contributed by atoms with Crippen LogP contribution in [0.25, 0.3) is 22.5 Å². The van der Waals surface area contributed by atoms with Crippen LogP contribution in [0.1, 0.15) is 18.4 Å². The van der Waals surface area contributed by atoms with E-state index < -0.39 is 0 Å². The molecule has 0 unspecified atom stereocenters. The molecule has 8 heteroatoms. The van der Waals surface area contributed by atoms with Crippen LogP contribution < -0.4 is 5.32 Å². The monoisotopic (exact) mass is 385 g/mol. The Balaban J connectivity index is 0.00000210. The zero-order valence-electron chi connectivity index (χ0n) is 14.7. The molecule has 1 aromatic carbocycles. The first-order valence-electron chi connectivity index (χ1n) is 8.26. The molecular weight excluding hydrogens is 369 g/mol. The van der Waals surface area contributed by atoms with E-state index in [1.54, 1.807) is 18.3 Å². The summed E-state index contributed by atoms with van der Waals surface area (Å²) in [6.45, 7) is 3.85. The molecule has 27 heavy (non-hydrogen) atoms. The SMILES string of the molecule is CCc1noc(-c2cnc3nc(C)ccc3c2Nc2cccc(F)c2)n1.Cl. The van der Waals surface area contributed by atoms with Crippen LogP contribution >= 0.6 is 12.4 Å². The Hall–Kier alpha value is -3.06. The first-order chi connectivity index (χ1) is 12.6. The maximum Gasteiger partial charge on any atom is 0.261 e. The summed E-state index contributed by atoms with van der Waals surface area (Å²) in [6.07, 6.45) is 2.31. The van der Waals surface area contributed by atoms with Crippen LogP contribution in [0.5, 0.6) is 0 Å². The van der Waals surface area contributed by atoms with Gasteiger partial charge in [0.2, 0.25) is 0 Å². The lowest BCUT2D eigenvalue weighted by atomic mass is 10.1. The van der Waals surface area contributed by atoms with Crippen molar-refractivity contribution >= 4 is 34.8 Å². The van der Waals surface area contributed by atoms with E-state index in [9.17, 15) is 4.39 Å². The molecule has 6 nitrogen and oxygen atoms in total. The molecule has 4 rings (SSSR count). The van der Waals surface area contributed by atoms with Gasteiger partial charge in [0, 0.05) is 29.4 Å². The van der Waals surface area contributed by atoms with Gasteiger partial charge in [-0.2, -0.15) is 4.98 Å². The van der Waals surface area contributed by atoms with Gasteiger partial charge in [0.05, 0.1) is 11.3 Å². The van der Waals surface area contributed by atoms with Crippen LogP contribution in [-0.4, -0.2) is 20.1 Å². The molecule has 4 aromatic rings. The number of anilines is 2. The highest BCUT2D eigenvalue weighted by Gasteiger charge is 2.17. The summed E-state index contributed by atoms with van der Waals surface area (Å²) in [5.41, 5.74) is 3.39. The number of nitrogens with zero attached hydrogens (tertiary/aromatic N) is 4. The minimum atomic E-state index is -0.324. The number of halogens is 2. The van der Waals surface area contributed by atoms with Crippen LogP contribution in [-0.2, 0) is 6.42 Å². The fraction of sp³-hybridized carbons (Fsp3) is 0.158. The quantitative estimate of drug-likeness (QED) is 0.540. The molecule has 0 saturated carbocycles. The molecule has 0 fully saturated rings. The van der Waals surface area contributed by atoms with E-state index in [0.717, 1.165) is 11.1 Å². The molecule has 0 bridgehead atoms.